The van der Waals surface area contributed by atoms with Crippen molar-refractivity contribution in [2.45, 2.75) is 12.8 Å². The van der Waals surface area contributed by atoms with Crippen LogP contribution in [0, 0.1) is 0 Å². The summed E-state index contributed by atoms with van der Waals surface area (Å²) in [6.45, 7) is 0. The number of aromatic nitrogens is 1. The Morgan fingerprint density at radius 3 is 2.37 bits per heavy atom. The van der Waals surface area contributed by atoms with Crippen molar-refractivity contribution in [1.82, 2.24) is 4.98 Å². The van der Waals surface area contributed by atoms with Crippen LogP contribution in [0.3, 0.4) is 0 Å². The zero-order valence-electron chi connectivity index (χ0n) is 16.6. The Kier molecular flexibility index (Phi) is 7.07. The molecule has 0 spiro atoms. The number of halogens is 2. The highest BCUT2D eigenvalue weighted by molar-refractivity contribution is 6.36. The standard InChI is InChI=1S/C21H20Cl2N2O5/c1-27-16-9-13(10-17(28-2)21(16)29-3)25-19(26)6-7-20-24-11-18(30-20)14-5-4-12(22)8-15(14)23/h4-5,8-11H,6-7H2,1-3H3,(H,25,26). The Balaban J connectivity index is 1.65. The molecule has 0 saturated carbocycles. The molecule has 9 heteroatoms. The van der Waals surface area contributed by atoms with Gasteiger partial charge in [-0.25, -0.2) is 4.98 Å². The Hall–Kier alpha value is -2.90. The molecule has 0 aliphatic rings. The van der Waals surface area contributed by atoms with Crippen LogP contribution in [0.5, 0.6) is 17.2 Å². The van der Waals surface area contributed by atoms with Crippen LogP contribution in [-0.4, -0.2) is 32.2 Å². The van der Waals surface area contributed by atoms with Gasteiger partial charge in [0.2, 0.25) is 11.7 Å². The zero-order valence-corrected chi connectivity index (χ0v) is 18.1. The Morgan fingerprint density at radius 1 is 1.07 bits per heavy atom. The lowest BCUT2D eigenvalue weighted by atomic mass is 10.2. The molecule has 30 heavy (non-hydrogen) atoms. The fourth-order valence-electron chi connectivity index (χ4n) is 2.84. The van der Waals surface area contributed by atoms with Gasteiger partial charge in [0.25, 0.3) is 0 Å². The van der Waals surface area contributed by atoms with Crippen LogP contribution in [0.25, 0.3) is 11.3 Å². The monoisotopic (exact) mass is 450 g/mol. The summed E-state index contributed by atoms with van der Waals surface area (Å²) in [5.41, 5.74) is 1.21. The molecule has 0 bridgehead atoms. The van der Waals surface area contributed by atoms with Gasteiger partial charge in [-0.2, -0.15) is 0 Å². The van der Waals surface area contributed by atoms with Gasteiger partial charge in [0.1, 0.15) is 0 Å². The van der Waals surface area contributed by atoms with E-state index in [1.54, 1.807) is 36.5 Å². The van der Waals surface area contributed by atoms with Crippen molar-refractivity contribution < 1.29 is 23.4 Å². The second kappa shape index (κ2) is 9.73. The molecule has 0 aliphatic carbocycles. The minimum absolute atomic E-state index is 0.172. The minimum atomic E-state index is -0.214. The van der Waals surface area contributed by atoms with E-state index in [0.717, 1.165) is 0 Å². The summed E-state index contributed by atoms with van der Waals surface area (Å²) in [6.07, 6.45) is 2.06. The molecule has 158 valence electrons. The highest BCUT2D eigenvalue weighted by atomic mass is 35.5. The predicted molar refractivity (Wildman–Crippen MR) is 115 cm³/mol. The number of nitrogens with zero attached hydrogens (tertiary/aromatic N) is 1. The van der Waals surface area contributed by atoms with Crippen LogP contribution >= 0.6 is 23.2 Å². The molecule has 3 rings (SSSR count). The van der Waals surface area contributed by atoms with Crippen LogP contribution in [0.1, 0.15) is 12.3 Å². The number of carbonyl (C=O) groups is 1. The lowest BCUT2D eigenvalue weighted by molar-refractivity contribution is -0.116. The van der Waals surface area contributed by atoms with Gasteiger partial charge in [0, 0.05) is 41.2 Å². The number of oxazole rings is 1. The van der Waals surface area contributed by atoms with E-state index in [4.69, 9.17) is 41.8 Å². The number of hydrogen-bond donors (Lipinski definition) is 1. The average Bonchev–Trinajstić information content (AvgIpc) is 3.20. The zero-order chi connectivity index (χ0) is 21.7. The first kappa shape index (κ1) is 21.8. The molecular weight excluding hydrogens is 431 g/mol. The lowest BCUT2D eigenvalue weighted by Gasteiger charge is -2.14. The van der Waals surface area contributed by atoms with Gasteiger partial charge in [0.05, 0.1) is 32.5 Å². The van der Waals surface area contributed by atoms with Crippen LogP contribution in [-0.2, 0) is 11.2 Å². The fourth-order valence-corrected chi connectivity index (χ4v) is 3.34. The average molecular weight is 451 g/mol. The van der Waals surface area contributed by atoms with Crippen molar-refractivity contribution in [3.8, 4) is 28.6 Å². The van der Waals surface area contributed by atoms with E-state index in [0.29, 0.717) is 56.6 Å². The maximum atomic E-state index is 12.4. The number of amides is 1. The molecule has 1 N–H and O–H groups in total. The third kappa shape index (κ3) is 4.98. The van der Waals surface area contributed by atoms with Crippen molar-refractivity contribution in [2.24, 2.45) is 0 Å². The molecule has 0 aliphatic heterocycles. The van der Waals surface area contributed by atoms with E-state index in [-0.39, 0.29) is 12.3 Å². The maximum absolute atomic E-state index is 12.4. The van der Waals surface area contributed by atoms with Gasteiger partial charge < -0.3 is 23.9 Å². The van der Waals surface area contributed by atoms with E-state index in [1.165, 1.54) is 21.3 Å². The third-order valence-electron chi connectivity index (χ3n) is 4.26. The molecule has 0 unspecified atom stereocenters. The van der Waals surface area contributed by atoms with Crippen molar-refractivity contribution in [3.05, 3.63) is 52.5 Å². The van der Waals surface area contributed by atoms with Gasteiger partial charge in [0.15, 0.2) is 23.1 Å². The summed E-state index contributed by atoms with van der Waals surface area (Å²) in [6, 6.07) is 8.42. The topological polar surface area (TPSA) is 82.8 Å². The molecule has 2 aromatic carbocycles. The minimum Gasteiger partial charge on any atom is -0.493 e. The molecule has 1 heterocycles. The fraction of sp³-hybridized carbons (Fsp3) is 0.238. The number of ether oxygens (including phenoxy) is 3. The van der Waals surface area contributed by atoms with Crippen molar-refractivity contribution in [2.75, 3.05) is 26.6 Å². The quantitative estimate of drug-likeness (QED) is 0.504. The Morgan fingerprint density at radius 2 is 1.77 bits per heavy atom. The predicted octanol–water partition coefficient (Wildman–Crippen LogP) is 5.25. The van der Waals surface area contributed by atoms with Crippen molar-refractivity contribution >= 4 is 34.8 Å². The van der Waals surface area contributed by atoms with Crippen LogP contribution in [0.15, 0.2) is 40.9 Å². The number of rotatable bonds is 8. The molecule has 1 amide bonds. The molecule has 0 atom stereocenters. The number of hydrogen-bond acceptors (Lipinski definition) is 6. The molecule has 1 aromatic heterocycles. The van der Waals surface area contributed by atoms with Gasteiger partial charge in [-0.15, -0.1) is 0 Å². The summed E-state index contributed by atoms with van der Waals surface area (Å²) in [5, 5.41) is 3.80. The highest BCUT2D eigenvalue weighted by Gasteiger charge is 2.15. The second-order valence-electron chi connectivity index (χ2n) is 6.20. The molecule has 0 fully saturated rings. The number of aryl methyl sites for hydroxylation is 1. The lowest BCUT2D eigenvalue weighted by Crippen LogP contribution is -2.12. The number of anilines is 1. The number of nitrogens with one attached hydrogen (secondary N) is 1. The Labute approximate surface area is 183 Å². The molecular formula is C21H20Cl2N2O5. The largest absolute Gasteiger partial charge is 0.493 e. The van der Waals surface area contributed by atoms with Crippen molar-refractivity contribution in [1.29, 1.82) is 0 Å². The molecule has 7 nitrogen and oxygen atoms in total. The summed E-state index contributed by atoms with van der Waals surface area (Å²) in [7, 11) is 4.53. The van der Waals surface area contributed by atoms with Gasteiger partial charge in [-0.1, -0.05) is 23.2 Å². The van der Waals surface area contributed by atoms with E-state index in [2.05, 4.69) is 10.3 Å². The number of benzene rings is 2. The van der Waals surface area contributed by atoms with Gasteiger partial charge in [-0.05, 0) is 18.2 Å². The normalized spacial score (nSPS) is 10.6. The van der Waals surface area contributed by atoms with Crippen molar-refractivity contribution in [3.63, 3.8) is 0 Å². The van der Waals surface area contributed by atoms with Gasteiger partial charge >= 0.3 is 0 Å². The number of methoxy groups -OCH3 is 3. The Bertz CT molecular complexity index is 1030. The summed E-state index contributed by atoms with van der Waals surface area (Å²) in [5.74, 6) is 2.07. The van der Waals surface area contributed by atoms with Crippen LogP contribution in [0.2, 0.25) is 10.0 Å². The summed E-state index contributed by atoms with van der Waals surface area (Å²) in [4.78, 5) is 16.6. The van der Waals surface area contributed by atoms with Crippen LogP contribution in [0.4, 0.5) is 5.69 Å². The molecule has 0 saturated heterocycles. The molecule has 3 aromatic rings. The van der Waals surface area contributed by atoms with E-state index >= 15 is 0 Å². The smallest absolute Gasteiger partial charge is 0.224 e. The highest BCUT2D eigenvalue weighted by Crippen LogP contribution is 2.40. The van der Waals surface area contributed by atoms with E-state index < -0.39 is 0 Å². The number of carbonyl (C=O) groups excluding carboxylic acids is 1. The second-order valence-corrected chi connectivity index (χ2v) is 7.05. The first-order valence-corrected chi connectivity index (χ1v) is 9.70. The summed E-state index contributed by atoms with van der Waals surface area (Å²) < 4.78 is 21.6. The summed E-state index contributed by atoms with van der Waals surface area (Å²) >= 11 is 12.1. The SMILES string of the molecule is COc1cc(NC(=O)CCc2ncc(-c3ccc(Cl)cc3Cl)o2)cc(OC)c1OC. The maximum Gasteiger partial charge on any atom is 0.224 e. The first-order chi connectivity index (χ1) is 14.4. The van der Waals surface area contributed by atoms with Crippen LogP contribution < -0.4 is 19.5 Å². The van der Waals surface area contributed by atoms with E-state index in [9.17, 15) is 4.79 Å². The molecule has 0 radical (unpaired) electrons. The first-order valence-electron chi connectivity index (χ1n) is 8.95. The third-order valence-corrected chi connectivity index (χ3v) is 4.81. The van der Waals surface area contributed by atoms with Gasteiger partial charge in [-0.3, -0.25) is 4.79 Å². The van der Waals surface area contributed by atoms with E-state index in [1.807, 2.05) is 0 Å².